The molecular formula is C24H28F5N7O3. The average Bonchev–Trinajstić information content (AvgIpc) is 3.46. The monoisotopic (exact) mass is 557 g/mol. The first-order valence-electron chi connectivity index (χ1n) is 12.4. The minimum absolute atomic E-state index is 0.0956. The lowest BCUT2D eigenvalue weighted by atomic mass is 9.81. The maximum absolute atomic E-state index is 13.9. The van der Waals surface area contributed by atoms with E-state index in [2.05, 4.69) is 15.4 Å². The van der Waals surface area contributed by atoms with Crippen molar-refractivity contribution in [1.82, 2.24) is 30.1 Å². The van der Waals surface area contributed by atoms with Crippen molar-refractivity contribution in [3.8, 4) is 0 Å². The number of aliphatic hydroxyl groups excluding tert-OH is 1. The Morgan fingerprint density at radius 3 is 2.64 bits per heavy atom. The standard InChI is InChI=1S/C24H28F5N7O3/c1-2-16(30)15(12-37)21(38)34-20(14-3-5-23(25,26)6-4-14)17-10-36-19(32-17)7-13(8-31-36)9-35-11-18(24(27,28)29)33-22(35)39/h7-8,10,12,14,18,20,30,37H,2-6,9,11H2,1H3,(H,33,39)(H,34,38)/b15-12+,30-16?/t18-,20-/m0/s1. The number of aliphatic hydroxyl groups is 1. The summed E-state index contributed by atoms with van der Waals surface area (Å²) in [6, 6.07) is -2.14. The quantitative estimate of drug-likeness (QED) is 0.168. The summed E-state index contributed by atoms with van der Waals surface area (Å²) < 4.78 is 68.0. The molecule has 4 N–H and O–H groups in total. The van der Waals surface area contributed by atoms with Crippen LogP contribution in [0.2, 0.25) is 0 Å². The van der Waals surface area contributed by atoms with Crippen molar-refractivity contribution in [2.24, 2.45) is 5.92 Å². The highest BCUT2D eigenvalue weighted by Crippen LogP contribution is 2.41. The van der Waals surface area contributed by atoms with Crippen molar-refractivity contribution < 1.29 is 36.6 Å². The van der Waals surface area contributed by atoms with Gasteiger partial charge in [-0.1, -0.05) is 6.92 Å². The second kappa shape index (κ2) is 10.8. The molecule has 2 aliphatic rings. The first-order chi connectivity index (χ1) is 18.3. The van der Waals surface area contributed by atoms with Crippen LogP contribution in [0.25, 0.3) is 5.65 Å². The summed E-state index contributed by atoms with van der Waals surface area (Å²) in [5.74, 6) is -3.98. The molecule has 4 rings (SSSR count). The number of fused-ring (bicyclic) bond motifs is 1. The SMILES string of the molecule is CCC(=N)/C(=C\O)C(=O)N[C@H](c1cn2ncc(CN3C[C@@H](C(F)(F)F)NC3=O)cc2n1)C1CCC(F)(F)CC1. The summed E-state index contributed by atoms with van der Waals surface area (Å²) >= 11 is 0. The molecule has 15 heteroatoms. The molecule has 0 aromatic carbocycles. The van der Waals surface area contributed by atoms with Gasteiger partial charge in [0.1, 0.15) is 6.04 Å². The number of amides is 3. The van der Waals surface area contributed by atoms with Crippen LogP contribution in [0.4, 0.5) is 26.7 Å². The summed E-state index contributed by atoms with van der Waals surface area (Å²) in [6.07, 6.45) is -1.54. The third-order valence-electron chi connectivity index (χ3n) is 7.04. The molecule has 3 amide bonds. The van der Waals surface area contributed by atoms with E-state index in [1.165, 1.54) is 23.0 Å². The molecule has 0 bridgehead atoms. The molecule has 39 heavy (non-hydrogen) atoms. The van der Waals surface area contributed by atoms with Crippen molar-refractivity contribution >= 4 is 23.3 Å². The van der Waals surface area contributed by atoms with Gasteiger partial charge in [-0.05, 0) is 36.8 Å². The van der Waals surface area contributed by atoms with Crippen LogP contribution in [-0.4, -0.2) is 66.9 Å². The second-order valence-corrected chi connectivity index (χ2v) is 9.78. The Balaban J connectivity index is 1.58. The van der Waals surface area contributed by atoms with E-state index in [1.807, 2.05) is 5.32 Å². The Morgan fingerprint density at radius 2 is 2.05 bits per heavy atom. The number of carbonyl (C=O) groups excluding carboxylic acids is 2. The van der Waals surface area contributed by atoms with Gasteiger partial charge in [-0.2, -0.15) is 18.3 Å². The van der Waals surface area contributed by atoms with Crippen LogP contribution >= 0.6 is 0 Å². The Bertz CT molecular complexity index is 1280. The van der Waals surface area contributed by atoms with Gasteiger partial charge in [0.25, 0.3) is 5.91 Å². The number of hydrogen-bond acceptors (Lipinski definition) is 6. The molecule has 2 aromatic rings. The number of rotatable bonds is 8. The molecule has 212 valence electrons. The molecule has 1 aliphatic heterocycles. The minimum Gasteiger partial charge on any atom is -0.515 e. The maximum atomic E-state index is 13.9. The van der Waals surface area contributed by atoms with Crippen molar-refractivity contribution in [3.63, 3.8) is 0 Å². The normalized spacial score (nSPS) is 21.2. The molecule has 0 unspecified atom stereocenters. The van der Waals surface area contributed by atoms with E-state index in [1.54, 1.807) is 6.92 Å². The van der Waals surface area contributed by atoms with Crippen molar-refractivity contribution in [3.05, 3.63) is 41.6 Å². The van der Waals surface area contributed by atoms with Crippen LogP contribution < -0.4 is 10.6 Å². The predicted octanol–water partition coefficient (Wildman–Crippen LogP) is 4.04. The average molecular weight is 558 g/mol. The van der Waals surface area contributed by atoms with Crippen molar-refractivity contribution in [1.29, 1.82) is 5.41 Å². The molecule has 2 atom stereocenters. The largest absolute Gasteiger partial charge is 0.515 e. The highest BCUT2D eigenvalue weighted by Gasteiger charge is 2.46. The van der Waals surface area contributed by atoms with Gasteiger partial charge in [-0.3, -0.25) is 4.79 Å². The van der Waals surface area contributed by atoms with Gasteiger partial charge in [0, 0.05) is 25.1 Å². The van der Waals surface area contributed by atoms with Crippen molar-refractivity contribution in [2.45, 2.75) is 69.8 Å². The van der Waals surface area contributed by atoms with Gasteiger partial charge in [0.15, 0.2) is 5.65 Å². The molecule has 1 saturated carbocycles. The lowest BCUT2D eigenvalue weighted by Gasteiger charge is -2.33. The first kappa shape index (κ1) is 28.2. The zero-order valence-electron chi connectivity index (χ0n) is 20.9. The lowest BCUT2D eigenvalue weighted by Crippen LogP contribution is -2.40. The van der Waals surface area contributed by atoms with Crippen LogP contribution in [0.3, 0.4) is 0 Å². The number of hydrogen-bond donors (Lipinski definition) is 4. The molecule has 10 nitrogen and oxygen atoms in total. The molecule has 0 radical (unpaired) electrons. The minimum atomic E-state index is -4.58. The number of aromatic nitrogens is 3. The van der Waals surface area contributed by atoms with Gasteiger partial charge >= 0.3 is 12.2 Å². The summed E-state index contributed by atoms with van der Waals surface area (Å²) in [4.78, 5) is 30.4. The second-order valence-electron chi connectivity index (χ2n) is 9.78. The topological polar surface area (TPSA) is 136 Å². The molecule has 2 fully saturated rings. The van der Waals surface area contributed by atoms with Gasteiger partial charge < -0.3 is 26.0 Å². The van der Waals surface area contributed by atoms with Gasteiger partial charge in [-0.25, -0.2) is 23.1 Å². The summed E-state index contributed by atoms with van der Waals surface area (Å²) in [6.45, 7) is 0.938. The van der Waals surface area contributed by atoms with Gasteiger partial charge in [0.2, 0.25) is 5.92 Å². The summed E-state index contributed by atoms with van der Waals surface area (Å²) in [7, 11) is 0. The number of alkyl halides is 5. The van der Waals surface area contributed by atoms with Crippen LogP contribution in [0.5, 0.6) is 0 Å². The Hall–Kier alpha value is -3.78. The van der Waals surface area contributed by atoms with Crippen LogP contribution in [0.15, 0.2) is 30.3 Å². The molecule has 1 saturated heterocycles. The van der Waals surface area contributed by atoms with Crippen molar-refractivity contribution in [2.75, 3.05) is 6.54 Å². The van der Waals surface area contributed by atoms with E-state index < -0.39 is 48.6 Å². The van der Waals surface area contributed by atoms with Gasteiger partial charge in [-0.15, -0.1) is 0 Å². The lowest BCUT2D eigenvalue weighted by molar-refractivity contribution is -0.149. The smallest absolute Gasteiger partial charge is 0.410 e. The molecule has 3 heterocycles. The van der Waals surface area contributed by atoms with E-state index in [0.717, 1.165) is 4.90 Å². The molecule has 0 spiro atoms. The number of imidazole rings is 1. The fourth-order valence-corrected chi connectivity index (χ4v) is 4.81. The number of nitrogens with one attached hydrogen (secondary N) is 3. The van der Waals surface area contributed by atoms with E-state index in [9.17, 15) is 36.6 Å². The Kier molecular flexibility index (Phi) is 7.80. The van der Waals surface area contributed by atoms with Crippen LogP contribution in [0.1, 0.15) is 56.3 Å². The Morgan fingerprint density at radius 1 is 1.36 bits per heavy atom. The summed E-state index contributed by atoms with van der Waals surface area (Å²) in [5.41, 5.74) is 0.629. The number of urea groups is 1. The number of halogens is 5. The maximum Gasteiger partial charge on any atom is 0.410 e. The predicted molar refractivity (Wildman–Crippen MR) is 128 cm³/mol. The van der Waals surface area contributed by atoms with Crippen LogP contribution in [-0.2, 0) is 11.3 Å². The third-order valence-corrected chi connectivity index (χ3v) is 7.04. The fraction of sp³-hybridized carbons (Fsp3) is 0.542. The number of carbonyl (C=O) groups is 2. The molecule has 2 aromatic heterocycles. The summed E-state index contributed by atoms with van der Waals surface area (Å²) in [5, 5.41) is 26.3. The van der Waals surface area contributed by atoms with Crippen LogP contribution in [0, 0.1) is 11.3 Å². The molecular weight excluding hydrogens is 529 g/mol. The number of nitrogens with zero attached hydrogens (tertiary/aromatic N) is 4. The molecule has 1 aliphatic carbocycles. The van der Waals surface area contributed by atoms with E-state index >= 15 is 0 Å². The van der Waals surface area contributed by atoms with E-state index in [-0.39, 0.29) is 55.6 Å². The zero-order valence-corrected chi connectivity index (χ0v) is 20.9. The fourth-order valence-electron chi connectivity index (χ4n) is 4.81. The van der Waals surface area contributed by atoms with E-state index in [0.29, 0.717) is 17.5 Å². The highest BCUT2D eigenvalue weighted by molar-refractivity contribution is 6.20. The highest BCUT2D eigenvalue weighted by atomic mass is 19.4. The third kappa shape index (κ3) is 6.28. The zero-order chi connectivity index (χ0) is 28.5. The Labute approximate surface area is 219 Å². The van der Waals surface area contributed by atoms with E-state index in [4.69, 9.17) is 5.41 Å². The van der Waals surface area contributed by atoms with Gasteiger partial charge in [0.05, 0.1) is 42.5 Å². The first-order valence-corrected chi connectivity index (χ1v) is 12.4.